The Labute approximate surface area is 119 Å². The van der Waals surface area contributed by atoms with Crippen molar-refractivity contribution in [2.45, 2.75) is 49.6 Å². The van der Waals surface area contributed by atoms with Crippen LogP contribution in [0.1, 0.15) is 36.8 Å². The zero-order valence-corrected chi connectivity index (χ0v) is 12.3. The van der Waals surface area contributed by atoms with Gasteiger partial charge in [0.05, 0.1) is 5.56 Å². The third-order valence-corrected chi connectivity index (χ3v) is 5.29. The molecule has 1 aliphatic rings. The van der Waals surface area contributed by atoms with Gasteiger partial charge in [0.1, 0.15) is 11.0 Å². The van der Waals surface area contributed by atoms with Gasteiger partial charge in [0.2, 0.25) is 10.0 Å². The summed E-state index contributed by atoms with van der Waals surface area (Å²) in [6.07, 6.45) is 3.14. The number of nitriles is 1. The Bertz CT molecular complexity index is 626. The molecule has 0 spiro atoms. The summed E-state index contributed by atoms with van der Waals surface area (Å²) in [5.41, 5.74) is 6.70. The molecule has 6 heteroatoms. The number of nitrogens with one attached hydrogen (secondary N) is 1. The molecule has 0 heterocycles. The highest BCUT2D eigenvalue weighted by Crippen LogP contribution is 2.22. The van der Waals surface area contributed by atoms with Gasteiger partial charge in [-0.15, -0.1) is 0 Å². The monoisotopic (exact) mass is 293 g/mol. The topological polar surface area (TPSA) is 96.0 Å². The van der Waals surface area contributed by atoms with E-state index in [4.69, 9.17) is 11.0 Å². The Balaban J connectivity index is 2.23. The van der Waals surface area contributed by atoms with Crippen molar-refractivity contribution in [2.24, 2.45) is 5.73 Å². The van der Waals surface area contributed by atoms with E-state index in [1.807, 2.05) is 6.07 Å². The molecule has 1 aliphatic carbocycles. The lowest BCUT2D eigenvalue weighted by Crippen LogP contribution is -2.40. The van der Waals surface area contributed by atoms with E-state index in [-0.39, 0.29) is 22.5 Å². The van der Waals surface area contributed by atoms with Crippen LogP contribution in [0.25, 0.3) is 0 Å². The number of benzene rings is 1. The molecule has 3 N–H and O–H groups in total. The van der Waals surface area contributed by atoms with E-state index >= 15 is 0 Å². The van der Waals surface area contributed by atoms with Crippen LogP contribution >= 0.6 is 0 Å². The van der Waals surface area contributed by atoms with E-state index in [0.717, 1.165) is 25.7 Å². The second-order valence-electron chi connectivity index (χ2n) is 5.29. The molecule has 0 aliphatic heterocycles. The van der Waals surface area contributed by atoms with Gasteiger partial charge in [-0.1, -0.05) is 12.1 Å². The highest BCUT2D eigenvalue weighted by atomic mass is 32.2. The van der Waals surface area contributed by atoms with Gasteiger partial charge in [-0.05, 0) is 44.2 Å². The molecule has 0 aromatic heterocycles. The molecule has 0 atom stereocenters. The first kappa shape index (κ1) is 15.0. The molecular formula is C14H19N3O2S. The molecule has 0 saturated heterocycles. The van der Waals surface area contributed by atoms with E-state index in [2.05, 4.69) is 4.72 Å². The highest BCUT2D eigenvalue weighted by Gasteiger charge is 2.26. The average Bonchev–Trinajstić information content (AvgIpc) is 2.41. The number of sulfonamides is 1. The van der Waals surface area contributed by atoms with E-state index in [1.54, 1.807) is 19.1 Å². The van der Waals surface area contributed by atoms with Gasteiger partial charge in [-0.3, -0.25) is 0 Å². The second-order valence-corrected chi connectivity index (χ2v) is 6.98. The Morgan fingerprint density at radius 1 is 1.30 bits per heavy atom. The average molecular weight is 293 g/mol. The number of hydrogen-bond donors (Lipinski definition) is 2. The second kappa shape index (κ2) is 5.92. The molecule has 5 nitrogen and oxygen atoms in total. The summed E-state index contributed by atoms with van der Waals surface area (Å²) in [5, 5.41) is 9.14. The van der Waals surface area contributed by atoms with Crippen molar-refractivity contribution in [2.75, 3.05) is 0 Å². The molecule has 0 bridgehead atoms. The zero-order chi connectivity index (χ0) is 14.8. The largest absolute Gasteiger partial charge is 0.328 e. The summed E-state index contributed by atoms with van der Waals surface area (Å²) in [7, 11) is -3.66. The van der Waals surface area contributed by atoms with Crippen LogP contribution in [0, 0.1) is 18.3 Å². The van der Waals surface area contributed by atoms with Crippen LogP contribution in [0.4, 0.5) is 0 Å². The fraction of sp³-hybridized carbons (Fsp3) is 0.500. The highest BCUT2D eigenvalue weighted by molar-refractivity contribution is 7.89. The first-order valence-corrected chi connectivity index (χ1v) is 8.20. The Morgan fingerprint density at radius 2 is 1.95 bits per heavy atom. The summed E-state index contributed by atoms with van der Waals surface area (Å²) in [6.45, 7) is 1.73. The van der Waals surface area contributed by atoms with Gasteiger partial charge >= 0.3 is 0 Å². The van der Waals surface area contributed by atoms with Gasteiger partial charge in [0.25, 0.3) is 0 Å². The summed E-state index contributed by atoms with van der Waals surface area (Å²) < 4.78 is 27.5. The lowest BCUT2D eigenvalue weighted by Gasteiger charge is -2.26. The fourth-order valence-corrected chi connectivity index (χ4v) is 4.06. The van der Waals surface area contributed by atoms with Crippen molar-refractivity contribution in [3.63, 3.8) is 0 Å². The van der Waals surface area contributed by atoms with Crippen LogP contribution in [-0.2, 0) is 10.0 Å². The van der Waals surface area contributed by atoms with Gasteiger partial charge in [-0.25, -0.2) is 13.1 Å². The maximum atomic E-state index is 12.4. The molecule has 20 heavy (non-hydrogen) atoms. The van der Waals surface area contributed by atoms with Crippen LogP contribution in [0.3, 0.4) is 0 Å². The van der Waals surface area contributed by atoms with Crippen molar-refractivity contribution >= 4 is 10.0 Å². The SMILES string of the molecule is Cc1cccc(S(=O)(=O)NC2CCC(N)CC2)c1C#N. The smallest absolute Gasteiger partial charge is 0.242 e. The van der Waals surface area contributed by atoms with Crippen LogP contribution in [0.2, 0.25) is 0 Å². The molecule has 1 aromatic rings. The first-order chi connectivity index (χ1) is 9.44. The van der Waals surface area contributed by atoms with Gasteiger partial charge in [0, 0.05) is 12.1 Å². The zero-order valence-electron chi connectivity index (χ0n) is 11.5. The predicted octanol–water partition coefficient (Wildman–Crippen LogP) is 1.41. The summed E-state index contributed by atoms with van der Waals surface area (Å²) in [5.74, 6) is 0. The lowest BCUT2D eigenvalue weighted by molar-refractivity contribution is 0.373. The molecular weight excluding hydrogens is 274 g/mol. The molecule has 0 amide bonds. The lowest BCUT2D eigenvalue weighted by atomic mass is 9.93. The minimum Gasteiger partial charge on any atom is -0.328 e. The van der Waals surface area contributed by atoms with E-state index < -0.39 is 10.0 Å². The minimum atomic E-state index is -3.66. The third kappa shape index (κ3) is 3.18. The third-order valence-electron chi connectivity index (χ3n) is 3.73. The number of nitrogens with two attached hydrogens (primary N) is 1. The number of nitrogens with zero attached hydrogens (tertiary/aromatic N) is 1. The van der Waals surface area contributed by atoms with Crippen LogP contribution in [-0.4, -0.2) is 20.5 Å². The Morgan fingerprint density at radius 3 is 2.55 bits per heavy atom. The molecule has 2 rings (SSSR count). The van der Waals surface area contributed by atoms with Crippen molar-refractivity contribution in [1.29, 1.82) is 5.26 Å². The molecule has 108 valence electrons. The molecule has 1 aromatic carbocycles. The van der Waals surface area contributed by atoms with Crippen LogP contribution < -0.4 is 10.5 Å². The van der Waals surface area contributed by atoms with Crippen molar-refractivity contribution in [3.05, 3.63) is 29.3 Å². The quantitative estimate of drug-likeness (QED) is 0.880. The summed E-state index contributed by atoms with van der Waals surface area (Å²) in [6, 6.07) is 6.92. The first-order valence-electron chi connectivity index (χ1n) is 6.71. The number of aryl methyl sites for hydroxylation is 1. The van der Waals surface area contributed by atoms with Crippen LogP contribution in [0.15, 0.2) is 23.1 Å². The maximum absolute atomic E-state index is 12.4. The molecule has 1 saturated carbocycles. The maximum Gasteiger partial charge on any atom is 0.242 e. The van der Waals surface area contributed by atoms with E-state index in [9.17, 15) is 8.42 Å². The van der Waals surface area contributed by atoms with Gasteiger partial charge in [-0.2, -0.15) is 5.26 Å². The molecule has 1 fully saturated rings. The Kier molecular flexibility index (Phi) is 4.43. The number of hydrogen-bond acceptors (Lipinski definition) is 4. The number of rotatable bonds is 3. The Hall–Kier alpha value is -1.42. The van der Waals surface area contributed by atoms with Crippen molar-refractivity contribution in [1.82, 2.24) is 4.72 Å². The summed E-state index contributed by atoms with van der Waals surface area (Å²) in [4.78, 5) is 0.0647. The normalized spacial score (nSPS) is 23.2. The van der Waals surface area contributed by atoms with E-state index in [1.165, 1.54) is 6.07 Å². The van der Waals surface area contributed by atoms with Crippen molar-refractivity contribution < 1.29 is 8.42 Å². The standard InChI is InChI=1S/C14H19N3O2S/c1-10-3-2-4-14(13(10)9-15)20(18,19)17-12-7-5-11(16)6-8-12/h2-4,11-12,17H,5-8,16H2,1H3. The molecule has 0 unspecified atom stereocenters. The summed E-state index contributed by atoms with van der Waals surface area (Å²) >= 11 is 0. The predicted molar refractivity (Wildman–Crippen MR) is 76.4 cm³/mol. The van der Waals surface area contributed by atoms with E-state index in [0.29, 0.717) is 5.56 Å². The van der Waals surface area contributed by atoms with Gasteiger partial charge in [0.15, 0.2) is 0 Å². The van der Waals surface area contributed by atoms with Crippen LogP contribution in [0.5, 0.6) is 0 Å². The minimum absolute atomic E-state index is 0.0647. The molecule has 0 radical (unpaired) electrons. The van der Waals surface area contributed by atoms with Crippen molar-refractivity contribution in [3.8, 4) is 6.07 Å². The van der Waals surface area contributed by atoms with Gasteiger partial charge < -0.3 is 5.73 Å². The fourth-order valence-electron chi connectivity index (χ4n) is 2.53.